The molecule has 0 unspecified atom stereocenters. The lowest BCUT2D eigenvalue weighted by Gasteiger charge is -2.28. The van der Waals surface area contributed by atoms with E-state index in [9.17, 15) is 0 Å². The average Bonchev–Trinajstić information content (AvgIpc) is 3.12. The predicted molar refractivity (Wildman–Crippen MR) is 104 cm³/mol. The van der Waals surface area contributed by atoms with Crippen LogP contribution in [-0.2, 0) is 5.75 Å². The number of hydrogen-bond donors (Lipinski definition) is 1. The highest BCUT2D eigenvalue weighted by Gasteiger charge is 2.21. The van der Waals surface area contributed by atoms with E-state index in [4.69, 9.17) is 0 Å². The van der Waals surface area contributed by atoms with Crippen molar-refractivity contribution in [1.29, 1.82) is 0 Å². The molecule has 0 bridgehead atoms. The van der Waals surface area contributed by atoms with Gasteiger partial charge in [-0.05, 0) is 31.4 Å². The molecule has 2 nitrogen and oxygen atoms in total. The molecule has 1 N–H and O–H groups in total. The maximum atomic E-state index is 3.64. The van der Waals surface area contributed by atoms with Crippen molar-refractivity contribution in [2.75, 3.05) is 31.9 Å². The second-order valence-corrected chi connectivity index (χ2v) is 7.72. The molecule has 0 radical (unpaired) electrons. The zero-order chi connectivity index (χ0) is 16.2. The van der Waals surface area contributed by atoms with Gasteiger partial charge >= 0.3 is 0 Å². The number of rotatable bonds is 12. The largest absolute Gasteiger partial charge is 0.315 e. The van der Waals surface area contributed by atoms with Crippen LogP contribution in [0.3, 0.4) is 0 Å². The van der Waals surface area contributed by atoms with E-state index >= 15 is 0 Å². The molecule has 0 heterocycles. The van der Waals surface area contributed by atoms with Gasteiger partial charge in [0.1, 0.15) is 0 Å². The standard InChI is InChI=1S/C20H34N2S/c1-2-3-15-22(20-11-7-8-12-20)16-13-21-14-17-23-18-19-9-5-4-6-10-19/h4-6,9-10,20-21H,2-3,7-8,11-18H2,1H3. The van der Waals surface area contributed by atoms with Gasteiger partial charge in [-0.25, -0.2) is 0 Å². The monoisotopic (exact) mass is 334 g/mol. The third-order valence-corrected chi connectivity index (χ3v) is 5.78. The number of nitrogens with one attached hydrogen (secondary N) is 1. The van der Waals surface area contributed by atoms with Gasteiger partial charge in [0, 0.05) is 37.2 Å². The molecular formula is C20H34N2S. The van der Waals surface area contributed by atoms with Crippen LogP contribution in [0.2, 0.25) is 0 Å². The minimum atomic E-state index is 0.871. The minimum Gasteiger partial charge on any atom is -0.315 e. The molecule has 1 saturated carbocycles. The van der Waals surface area contributed by atoms with Crippen LogP contribution in [0.15, 0.2) is 30.3 Å². The molecule has 1 aliphatic carbocycles. The van der Waals surface area contributed by atoms with Crippen molar-refractivity contribution in [3.05, 3.63) is 35.9 Å². The maximum Gasteiger partial charge on any atom is 0.0185 e. The quantitative estimate of drug-likeness (QED) is 0.564. The van der Waals surface area contributed by atoms with Crippen molar-refractivity contribution >= 4 is 11.8 Å². The van der Waals surface area contributed by atoms with Gasteiger partial charge in [-0.3, -0.25) is 4.90 Å². The van der Waals surface area contributed by atoms with Crippen molar-refractivity contribution in [1.82, 2.24) is 10.2 Å². The fourth-order valence-electron chi connectivity index (χ4n) is 3.36. The summed E-state index contributed by atoms with van der Waals surface area (Å²) in [5.41, 5.74) is 1.43. The van der Waals surface area contributed by atoms with Gasteiger partial charge in [0.05, 0.1) is 0 Å². The smallest absolute Gasteiger partial charge is 0.0185 e. The van der Waals surface area contributed by atoms with Gasteiger partial charge in [0.15, 0.2) is 0 Å². The molecule has 1 aromatic carbocycles. The third kappa shape index (κ3) is 7.73. The first-order valence-corrected chi connectivity index (χ1v) is 10.6. The fourth-order valence-corrected chi connectivity index (χ4v) is 4.22. The summed E-state index contributed by atoms with van der Waals surface area (Å²) in [6.45, 7) is 7.10. The highest BCUT2D eigenvalue weighted by Crippen LogP contribution is 2.23. The Balaban J connectivity index is 1.52. The Morgan fingerprint density at radius 3 is 2.61 bits per heavy atom. The molecule has 0 spiro atoms. The summed E-state index contributed by atoms with van der Waals surface area (Å²) in [5.74, 6) is 2.33. The van der Waals surface area contributed by atoms with E-state index in [1.165, 1.54) is 62.9 Å². The molecule has 0 atom stereocenters. The maximum absolute atomic E-state index is 3.64. The summed E-state index contributed by atoms with van der Waals surface area (Å²) in [6.07, 6.45) is 8.40. The highest BCUT2D eigenvalue weighted by molar-refractivity contribution is 7.98. The van der Waals surface area contributed by atoms with E-state index in [2.05, 4.69) is 47.5 Å². The van der Waals surface area contributed by atoms with E-state index in [0.29, 0.717) is 0 Å². The molecule has 3 heteroatoms. The average molecular weight is 335 g/mol. The van der Waals surface area contributed by atoms with Gasteiger partial charge in [0.25, 0.3) is 0 Å². The summed E-state index contributed by atoms with van der Waals surface area (Å²) in [4.78, 5) is 2.75. The van der Waals surface area contributed by atoms with E-state index in [1.54, 1.807) is 0 Å². The number of nitrogens with zero attached hydrogens (tertiary/aromatic N) is 1. The highest BCUT2D eigenvalue weighted by atomic mass is 32.2. The molecule has 1 aliphatic rings. The van der Waals surface area contributed by atoms with Crippen LogP contribution < -0.4 is 5.32 Å². The second kappa shape index (κ2) is 11.9. The van der Waals surface area contributed by atoms with Crippen LogP contribution >= 0.6 is 11.8 Å². The first-order chi connectivity index (χ1) is 11.4. The lowest BCUT2D eigenvalue weighted by atomic mass is 10.2. The molecule has 23 heavy (non-hydrogen) atoms. The topological polar surface area (TPSA) is 15.3 Å². The summed E-state index contributed by atoms with van der Waals surface area (Å²) in [5, 5.41) is 3.64. The Kier molecular flexibility index (Phi) is 9.77. The summed E-state index contributed by atoms with van der Waals surface area (Å²) in [7, 11) is 0. The summed E-state index contributed by atoms with van der Waals surface area (Å²) < 4.78 is 0. The number of benzene rings is 1. The van der Waals surface area contributed by atoms with Crippen molar-refractivity contribution in [3.63, 3.8) is 0 Å². The Morgan fingerprint density at radius 1 is 1.09 bits per heavy atom. The molecule has 1 aromatic rings. The van der Waals surface area contributed by atoms with E-state index in [1.807, 2.05) is 11.8 Å². The van der Waals surface area contributed by atoms with Gasteiger partial charge in [-0.2, -0.15) is 11.8 Å². The minimum absolute atomic E-state index is 0.871. The third-order valence-electron chi connectivity index (χ3n) is 4.75. The van der Waals surface area contributed by atoms with Crippen LogP contribution in [0.4, 0.5) is 0 Å². The van der Waals surface area contributed by atoms with Gasteiger partial charge in [-0.1, -0.05) is 56.5 Å². The Bertz CT molecular complexity index is 390. The normalized spacial score (nSPS) is 15.6. The van der Waals surface area contributed by atoms with Crippen molar-refractivity contribution < 1.29 is 0 Å². The molecule has 2 rings (SSSR count). The van der Waals surface area contributed by atoms with Crippen LogP contribution in [-0.4, -0.2) is 42.9 Å². The molecule has 0 aliphatic heterocycles. The van der Waals surface area contributed by atoms with Crippen molar-refractivity contribution in [3.8, 4) is 0 Å². The Hall–Kier alpha value is -0.510. The fraction of sp³-hybridized carbons (Fsp3) is 0.700. The second-order valence-electron chi connectivity index (χ2n) is 6.62. The van der Waals surface area contributed by atoms with Crippen LogP contribution in [0, 0.1) is 0 Å². The molecule has 1 fully saturated rings. The van der Waals surface area contributed by atoms with Crippen molar-refractivity contribution in [2.24, 2.45) is 0 Å². The van der Waals surface area contributed by atoms with Crippen LogP contribution in [0.5, 0.6) is 0 Å². The zero-order valence-corrected chi connectivity index (χ0v) is 15.6. The number of thioether (sulfide) groups is 1. The van der Waals surface area contributed by atoms with Gasteiger partial charge in [-0.15, -0.1) is 0 Å². The summed E-state index contributed by atoms with van der Waals surface area (Å²) >= 11 is 2.03. The van der Waals surface area contributed by atoms with Crippen LogP contribution in [0.1, 0.15) is 51.0 Å². The van der Waals surface area contributed by atoms with Gasteiger partial charge < -0.3 is 5.32 Å². The first-order valence-electron chi connectivity index (χ1n) is 9.46. The molecule has 0 amide bonds. The van der Waals surface area contributed by atoms with Crippen LogP contribution in [0.25, 0.3) is 0 Å². The SMILES string of the molecule is CCCCN(CCNCCSCc1ccccc1)C1CCCC1. The van der Waals surface area contributed by atoms with Gasteiger partial charge in [0.2, 0.25) is 0 Å². The van der Waals surface area contributed by atoms with Crippen molar-refractivity contribution in [2.45, 2.75) is 57.2 Å². The lowest BCUT2D eigenvalue weighted by molar-refractivity contribution is 0.196. The molecular weight excluding hydrogens is 300 g/mol. The van der Waals surface area contributed by atoms with E-state index in [0.717, 1.165) is 24.9 Å². The first kappa shape index (κ1) is 18.8. The molecule has 0 saturated heterocycles. The lowest BCUT2D eigenvalue weighted by Crippen LogP contribution is -2.39. The predicted octanol–water partition coefficient (Wildman–Crippen LogP) is 4.55. The molecule has 0 aromatic heterocycles. The Morgan fingerprint density at radius 2 is 1.87 bits per heavy atom. The number of unbranched alkanes of at least 4 members (excludes halogenated alkanes) is 1. The molecule has 130 valence electrons. The zero-order valence-electron chi connectivity index (χ0n) is 14.8. The number of hydrogen-bond acceptors (Lipinski definition) is 3. The Labute approximate surface area is 147 Å². The summed E-state index contributed by atoms with van der Waals surface area (Å²) in [6, 6.07) is 11.6. The van der Waals surface area contributed by atoms with E-state index in [-0.39, 0.29) is 0 Å². The van der Waals surface area contributed by atoms with E-state index < -0.39 is 0 Å².